The van der Waals surface area contributed by atoms with E-state index in [2.05, 4.69) is 5.32 Å². The van der Waals surface area contributed by atoms with Gasteiger partial charge in [0.15, 0.2) is 0 Å². The molecule has 0 radical (unpaired) electrons. The Balaban J connectivity index is 2.06. The highest BCUT2D eigenvalue weighted by Crippen LogP contribution is 2.28. The fraction of sp³-hybridized carbons (Fsp3) is 0.333. The van der Waals surface area contributed by atoms with E-state index in [0.717, 1.165) is 10.7 Å². The number of carbonyl (C=O) groups excluding carboxylic acids is 2. The summed E-state index contributed by atoms with van der Waals surface area (Å²) in [5.74, 6) is -0.317. The monoisotopic (exact) mass is 619 g/mol. The molecule has 0 aliphatic carbocycles. The number of hydrogen-bond donors (Lipinski definition) is 1. The summed E-state index contributed by atoms with van der Waals surface area (Å²) < 4.78 is 34.4. The van der Waals surface area contributed by atoms with Gasteiger partial charge in [0.05, 0.1) is 17.2 Å². The van der Waals surface area contributed by atoms with E-state index in [0.29, 0.717) is 40.9 Å². The Morgan fingerprint density at radius 2 is 1.59 bits per heavy atom. The molecule has 1 N–H and O–H groups in total. The van der Waals surface area contributed by atoms with Gasteiger partial charge in [0, 0.05) is 23.1 Å². The molecule has 11 heteroatoms. The number of nitrogens with one attached hydrogen (secondary N) is 1. The maximum Gasteiger partial charge on any atom is 0.264 e. The van der Waals surface area contributed by atoms with E-state index in [1.54, 1.807) is 55.5 Å². The van der Waals surface area contributed by atoms with E-state index in [9.17, 15) is 18.0 Å². The zero-order valence-electron chi connectivity index (χ0n) is 23.3. The molecule has 0 aliphatic heterocycles. The third kappa shape index (κ3) is 8.38. The maximum absolute atomic E-state index is 14.1. The number of hydrogen-bond acceptors (Lipinski definition) is 5. The fourth-order valence-corrected chi connectivity index (χ4v) is 5.97. The van der Waals surface area contributed by atoms with Crippen LogP contribution in [0.1, 0.15) is 39.2 Å². The fourth-order valence-electron chi connectivity index (χ4n) is 4.23. The SMILES string of the molecule is CCCNC(=O)[C@H](CC)N(Cc1ccccc1Cl)C(=O)CN(c1ccc(OCC)cc1)S(=O)(=O)c1ccc(Cl)cc1. The summed E-state index contributed by atoms with van der Waals surface area (Å²) in [5, 5.41) is 3.67. The molecule has 0 saturated carbocycles. The molecule has 0 unspecified atom stereocenters. The van der Waals surface area contributed by atoms with Crippen molar-refractivity contribution >= 4 is 50.7 Å². The second kappa shape index (κ2) is 15.1. The molecule has 0 saturated heterocycles. The summed E-state index contributed by atoms with van der Waals surface area (Å²) in [6, 6.07) is 18.4. The summed E-state index contributed by atoms with van der Waals surface area (Å²) in [6.45, 7) is 5.95. The molecule has 0 fully saturated rings. The van der Waals surface area contributed by atoms with Gasteiger partial charge >= 0.3 is 0 Å². The standard InChI is InChI=1S/C30H35Cl2N3O5S/c1-4-19-33-30(37)28(5-2)34(20-22-9-7-8-10-27(22)32)29(36)21-35(24-13-15-25(16-14-24)40-6-3)41(38,39)26-17-11-23(31)12-18-26/h7-18,28H,4-6,19-21H2,1-3H3,(H,33,37)/t28-/m0/s1. The van der Waals surface area contributed by atoms with Gasteiger partial charge < -0.3 is 15.0 Å². The second-order valence-electron chi connectivity index (χ2n) is 9.22. The van der Waals surface area contributed by atoms with Crippen LogP contribution in [0.2, 0.25) is 10.0 Å². The highest BCUT2D eigenvalue weighted by atomic mass is 35.5. The Hall–Kier alpha value is -3.27. The van der Waals surface area contributed by atoms with Crippen LogP contribution >= 0.6 is 23.2 Å². The largest absolute Gasteiger partial charge is 0.494 e. The van der Waals surface area contributed by atoms with Gasteiger partial charge in [0.1, 0.15) is 18.3 Å². The molecule has 3 rings (SSSR count). The van der Waals surface area contributed by atoms with Crippen molar-refractivity contribution in [2.45, 2.75) is 51.1 Å². The number of halogens is 2. The number of benzene rings is 3. The number of amides is 2. The summed E-state index contributed by atoms with van der Waals surface area (Å²) >= 11 is 12.4. The molecule has 1 atom stereocenters. The third-order valence-corrected chi connectivity index (χ3v) is 8.76. The van der Waals surface area contributed by atoms with Crippen molar-refractivity contribution in [2.75, 3.05) is 24.0 Å². The van der Waals surface area contributed by atoms with Gasteiger partial charge in [0.2, 0.25) is 11.8 Å². The van der Waals surface area contributed by atoms with Gasteiger partial charge in [-0.25, -0.2) is 8.42 Å². The second-order valence-corrected chi connectivity index (χ2v) is 11.9. The Morgan fingerprint density at radius 1 is 0.927 bits per heavy atom. The zero-order valence-corrected chi connectivity index (χ0v) is 25.7. The smallest absolute Gasteiger partial charge is 0.264 e. The average Bonchev–Trinajstić information content (AvgIpc) is 2.96. The topological polar surface area (TPSA) is 96.0 Å². The first-order valence-corrected chi connectivity index (χ1v) is 15.6. The molecule has 0 aliphatic rings. The van der Waals surface area contributed by atoms with Crippen LogP contribution in [0.15, 0.2) is 77.7 Å². The quantitative estimate of drug-likeness (QED) is 0.242. The molecular formula is C30H35Cl2N3O5S. The first kappa shape index (κ1) is 32.2. The molecule has 0 heterocycles. The minimum Gasteiger partial charge on any atom is -0.494 e. The number of anilines is 1. The van der Waals surface area contributed by atoms with Crippen molar-refractivity contribution in [3.63, 3.8) is 0 Å². The van der Waals surface area contributed by atoms with E-state index in [4.69, 9.17) is 27.9 Å². The van der Waals surface area contributed by atoms with Crippen LogP contribution in [0.5, 0.6) is 5.75 Å². The van der Waals surface area contributed by atoms with Crippen LogP contribution in [-0.2, 0) is 26.2 Å². The molecule has 8 nitrogen and oxygen atoms in total. The number of carbonyl (C=O) groups is 2. The Labute approximate surface area is 252 Å². The van der Waals surface area contributed by atoms with Gasteiger partial charge in [-0.05, 0) is 79.9 Å². The lowest BCUT2D eigenvalue weighted by atomic mass is 10.1. The van der Waals surface area contributed by atoms with Crippen molar-refractivity contribution in [3.8, 4) is 5.75 Å². The van der Waals surface area contributed by atoms with E-state index < -0.39 is 28.5 Å². The van der Waals surface area contributed by atoms with Gasteiger partial charge in [-0.2, -0.15) is 0 Å². The molecular weight excluding hydrogens is 585 g/mol. The molecule has 3 aromatic carbocycles. The average molecular weight is 621 g/mol. The lowest BCUT2D eigenvalue weighted by Gasteiger charge is -2.33. The van der Waals surface area contributed by atoms with E-state index in [1.807, 2.05) is 13.8 Å². The molecule has 2 amide bonds. The van der Waals surface area contributed by atoms with Gasteiger partial charge in [-0.1, -0.05) is 55.2 Å². The maximum atomic E-state index is 14.1. The van der Waals surface area contributed by atoms with Crippen molar-refractivity contribution in [1.82, 2.24) is 10.2 Å². The predicted molar refractivity (Wildman–Crippen MR) is 163 cm³/mol. The van der Waals surface area contributed by atoms with Crippen LogP contribution in [0, 0.1) is 0 Å². The molecule has 0 bridgehead atoms. The van der Waals surface area contributed by atoms with Crippen LogP contribution in [0.3, 0.4) is 0 Å². The van der Waals surface area contributed by atoms with Gasteiger partial charge in [-0.15, -0.1) is 0 Å². The predicted octanol–water partition coefficient (Wildman–Crippen LogP) is 5.92. The highest BCUT2D eigenvalue weighted by molar-refractivity contribution is 7.92. The molecule has 41 heavy (non-hydrogen) atoms. The first-order chi connectivity index (χ1) is 19.6. The minimum absolute atomic E-state index is 0.0225. The Bertz CT molecular complexity index is 1420. The molecule has 220 valence electrons. The number of nitrogens with zero attached hydrogens (tertiary/aromatic N) is 2. The third-order valence-electron chi connectivity index (χ3n) is 6.35. The van der Waals surface area contributed by atoms with Gasteiger partial charge in [0.25, 0.3) is 10.0 Å². The van der Waals surface area contributed by atoms with Crippen molar-refractivity contribution in [3.05, 3.63) is 88.4 Å². The minimum atomic E-state index is -4.21. The summed E-state index contributed by atoms with van der Waals surface area (Å²) in [7, 11) is -4.21. The summed E-state index contributed by atoms with van der Waals surface area (Å²) in [6.07, 6.45) is 1.05. The van der Waals surface area contributed by atoms with E-state index in [1.165, 1.54) is 29.2 Å². The van der Waals surface area contributed by atoms with E-state index in [-0.39, 0.29) is 23.0 Å². The van der Waals surface area contributed by atoms with Crippen LogP contribution in [0.25, 0.3) is 0 Å². The lowest BCUT2D eigenvalue weighted by Crippen LogP contribution is -2.52. The molecule has 0 aromatic heterocycles. The zero-order chi connectivity index (χ0) is 30.0. The normalized spacial score (nSPS) is 11.9. The summed E-state index contributed by atoms with van der Waals surface area (Å²) in [5.41, 5.74) is 0.898. The molecule has 0 spiro atoms. The number of sulfonamides is 1. The number of rotatable bonds is 14. The van der Waals surface area contributed by atoms with Crippen molar-refractivity contribution in [1.29, 1.82) is 0 Å². The van der Waals surface area contributed by atoms with E-state index >= 15 is 0 Å². The Morgan fingerprint density at radius 3 is 2.17 bits per heavy atom. The van der Waals surface area contributed by atoms with Crippen LogP contribution in [0.4, 0.5) is 5.69 Å². The first-order valence-electron chi connectivity index (χ1n) is 13.4. The van der Waals surface area contributed by atoms with Crippen molar-refractivity contribution in [2.24, 2.45) is 0 Å². The summed E-state index contributed by atoms with van der Waals surface area (Å²) in [4.78, 5) is 28.6. The Kier molecular flexibility index (Phi) is 11.9. The van der Waals surface area contributed by atoms with Crippen LogP contribution < -0.4 is 14.4 Å². The van der Waals surface area contributed by atoms with Crippen LogP contribution in [-0.4, -0.2) is 50.9 Å². The van der Waals surface area contributed by atoms with Crippen molar-refractivity contribution < 1.29 is 22.7 Å². The highest BCUT2D eigenvalue weighted by Gasteiger charge is 2.34. The molecule has 3 aromatic rings. The lowest BCUT2D eigenvalue weighted by molar-refractivity contribution is -0.140. The van der Waals surface area contributed by atoms with Gasteiger partial charge in [-0.3, -0.25) is 13.9 Å². The number of ether oxygens (including phenoxy) is 1.